The normalized spacial score (nSPS) is 46.1. The summed E-state index contributed by atoms with van der Waals surface area (Å²) in [5, 5.41) is 23.5. The van der Waals surface area contributed by atoms with E-state index in [1.165, 1.54) is 0 Å². The van der Waals surface area contributed by atoms with Gasteiger partial charge in [-0.1, -0.05) is 67.5 Å². The number of fused-ring (bicyclic) bond motifs is 6. The molecule has 6 fully saturated rings. The summed E-state index contributed by atoms with van der Waals surface area (Å²) in [5.41, 5.74) is -1.65. The molecule has 0 amide bonds. The van der Waals surface area contributed by atoms with Gasteiger partial charge < -0.3 is 57.3 Å². The zero-order valence-corrected chi connectivity index (χ0v) is 40.3. The van der Waals surface area contributed by atoms with E-state index in [4.69, 9.17) is 47.0 Å². The van der Waals surface area contributed by atoms with Crippen molar-refractivity contribution >= 4 is 24.9 Å². The number of cyclic esters (lactones) is 1. The largest absolute Gasteiger partial charge is 1.00 e. The van der Waals surface area contributed by atoms with Gasteiger partial charge in [-0.3, -0.25) is 4.79 Å². The third-order valence-corrected chi connectivity index (χ3v) is 15.0. The Labute approximate surface area is 383 Å². The Morgan fingerprint density at radius 2 is 1.31 bits per heavy atom. The Morgan fingerprint density at radius 1 is 0.770 bits per heavy atom. The molecule has 16 atom stereocenters. The number of allylic oxidation sites excluding steroid dienone is 1. The molecule has 15 nitrogen and oxygen atoms in total. The third kappa shape index (κ3) is 9.32. The number of rotatable bonds is 3. The minimum Gasteiger partial charge on any atom is -0.504 e. The van der Waals surface area contributed by atoms with Gasteiger partial charge in [-0.05, 0) is 71.6 Å². The van der Waals surface area contributed by atoms with Crippen LogP contribution in [0.5, 0.6) is 0 Å². The molecule has 0 aliphatic carbocycles. The molecule has 7 aliphatic rings. The molecule has 7 aliphatic heterocycles. The van der Waals surface area contributed by atoms with Gasteiger partial charge in [0, 0.05) is 35.5 Å². The summed E-state index contributed by atoms with van der Waals surface area (Å²) in [4.78, 5) is 42.5. The van der Waals surface area contributed by atoms with Crippen molar-refractivity contribution in [1.82, 2.24) is 0 Å². The van der Waals surface area contributed by atoms with Crippen LogP contribution >= 0.6 is 0 Å². The molecule has 2 N–H and O–H groups in total. The van der Waals surface area contributed by atoms with Crippen LogP contribution < -0.4 is 29.6 Å². The van der Waals surface area contributed by atoms with Crippen molar-refractivity contribution in [2.75, 3.05) is 0 Å². The zero-order valence-electron chi connectivity index (χ0n) is 38.3. The van der Waals surface area contributed by atoms with Crippen molar-refractivity contribution in [2.45, 2.75) is 219 Å². The first kappa shape index (κ1) is 49.3. The van der Waals surface area contributed by atoms with E-state index >= 15 is 0 Å². The van der Waals surface area contributed by atoms with Gasteiger partial charge >= 0.3 is 54.4 Å². The quantitative estimate of drug-likeness (QED) is 0.183. The summed E-state index contributed by atoms with van der Waals surface area (Å²) >= 11 is 0. The average molecular weight is 873 g/mol. The maximum atomic E-state index is 14.9. The Morgan fingerprint density at radius 3 is 1.87 bits per heavy atom. The van der Waals surface area contributed by atoms with Crippen LogP contribution in [-0.4, -0.2) is 114 Å². The molecule has 0 radical (unpaired) electrons. The van der Waals surface area contributed by atoms with Gasteiger partial charge in [0.2, 0.25) is 0 Å². The van der Waals surface area contributed by atoms with Gasteiger partial charge in [0.15, 0.2) is 23.8 Å². The fourth-order valence-corrected chi connectivity index (χ4v) is 10.4. The Bertz CT molecular complexity index is 1630. The molecule has 340 valence electrons. The van der Waals surface area contributed by atoms with E-state index in [-0.39, 0.29) is 42.1 Å². The Hall–Kier alpha value is -1.15. The summed E-state index contributed by atoms with van der Waals surface area (Å²) in [5.74, 6) is -7.23. The van der Waals surface area contributed by atoms with Crippen LogP contribution in [0.3, 0.4) is 0 Å². The smallest absolute Gasteiger partial charge is 0.504 e. The van der Waals surface area contributed by atoms with E-state index in [2.05, 4.69) is 0 Å². The second-order valence-corrected chi connectivity index (χ2v) is 20.3. The van der Waals surface area contributed by atoms with Gasteiger partial charge in [-0.2, -0.15) is 0 Å². The maximum absolute atomic E-state index is 14.9. The summed E-state index contributed by atoms with van der Waals surface area (Å²) in [7, 11) is 0. The van der Waals surface area contributed by atoms with Crippen LogP contribution in [0.2, 0.25) is 0 Å². The molecular formula is C44H70BNaO15. The predicted molar refractivity (Wildman–Crippen MR) is 215 cm³/mol. The molecule has 0 aromatic rings. The van der Waals surface area contributed by atoms with Crippen molar-refractivity contribution in [3.63, 3.8) is 0 Å². The van der Waals surface area contributed by atoms with Gasteiger partial charge in [0.1, 0.15) is 18.3 Å². The number of hydrogen-bond acceptors (Lipinski definition) is 15. The fourth-order valence-electron chi connectivity index (χ4n) is 10.4. The zero-order chi connectivity index (χ0) is 43.6. The topological polar surface area (TPSA) is 184 Å². The third-order valence-electron chi connectivity index (χ3n) is 15.0. The summed E-state index contributed by atoms with van der Waals surface area (Å²) in [6.07, 6.45) is 0.125. The van der Waals surface area contributed by atoms with Gasteiger partial charge in [0.05, 0.1) is 42.5 Å². The molecule has 0 saturated carbocycles. The Balaban J connectivity index is 0.00000622. The van der Waals surface area contributed by atoms with Crippen molar-refractivity contribution in [1.29, 1.82) is 0 Å². The minimum absolute atomic E-state index is 0. The first-order chi connectivity index (χ1) is 28.1. The van der Waals surface area contributed by atoms with Crippen LogP contribution in [0.15, 0.2) is 12.2 Å². The second-order valence-electron chi connectivity index (χ2n) is 20.3. The van der Waals surface area contributed by atoms with Crippen molar-refractivity contribution in [3.8, 4) is 0 Å². The van der Waals surface area contributed by atoms with Gasteiger partial charge in [0.25, 0.3) is 0 Å². The Kier molecular flexibility index (Phi) is 15.0. The first-order valence-corrected chi connectivity index (χ1v) is 22.7. The van der Waals surface area contributed by atoms with Gasteiger partial charge in [-0.25, -0.2) is 9.59 Å². The summed E-state index contributed by atoms with van der Waals surface area (Å²) < 4.78 is 65.9. The second kappa shape index (κ2) is 18.6. The molecular weight excluding hydrogens is 802 g/mol. The number of aliphatic hydroxyl groups excluding tert-OH is 2. The number of ether oxygens (including phenoxy) is 6. The first-order valence-electron chi connectivity index (χ1n) is 22.7. The molecule has 61 heavy (non-hydrogen) atoms. The molecule has 0 aromatic heterocycles. The molecule has 3 spiro atoms. The van der Waals surface area contributed by atoms with Crippen LogP contribution in [0.4, 0.5) is 0 Å². The predicted octanol–water partition coefficient (Wildman–Crippen LogP) is 2.57. The number of carbonyl (C=O) groups excluding carboxylic acids is 3. The van der Waals surface area contributed by atoms with E-state index < -0.39 is 126 Å². The van der Waals surface area contributed by atoms with Crippen molar-refractivity contribution in [3.05, 3.63) is 12.2 Å². The van der Waals surface area contributed by atoms with Crippen LogP contribution in [0.1, 0.15) is 140 Å². The molecule has 17 heteroatoms. The molecule has 7 heterocycles. The molecule has 7 rings (SSSR count). The summed E-state index contributed by atoms with van der Waals surface area (Å²) in [6.45, 7) is 15.0. The van der Waals surface area contributed by atoms with Crippen LogP contribution in [0.25, 0.3) is 0 Å². The SMILES string of the molecule is CC(C)C(=O)O[C@H](C)[C@@H]1C/C=C\CC[C@H](O)C(C)(C)[C@@H]2CC[C@@H](C)[C@]3(O2)O[B-]24O[C@@H](C(=O)O1)[C@@]1(O[C@@H](CC[C@H]1C)C(C)(C)[C@H](O)CCC[C@@H]1C[C@H](OC(=O)[C@@H]3O2)[C@@H](C)O1)O4.[Na+]. The van der Waals surface area contributed by atoms with E-state index in [0.717, 1.165) is 0 Å². The maximum Gasteiger partial charge on any atom is 1.00 e. The van der Waals surface area contributed by atoms with Crippen LogP contribution in [0, 0.1) is 28.6 Å². The number of carbonyl (C=O) groups is 3. The molecule has 1 unspecified atom stereocenters. The van der Waals surface area contributed by atoms with Crippen molar-refractivity contribution in [2.24, 2.45) is 28.6 Å². The van der Waals surface area contributed by atoms with E-state index in [9.17, 15) is 24.6 Å². The monoisotopic (exact) mass is 872 g/mol. The average Bonchev–Trinajstić information content (AvgIpc) is 3.81. The number of aliphatic hydroxyl groups is 2. The molecule has 6 saturated heterocycles. The van der Waals surface area contributed by atoms with E-state index in [1.54, 1.807) is 20.8 Å². The fraction of sp³-hybridized carbons (Fsp3) is 0.886. The summed E-state index contributed by atoms with van der Waals surface area (Å²) in [6, 6.07) is 0. The van der Waals surface area contributed by atoms with Gasteiger partial charge in [-0.15, -0.1) is 0 Å². The standard InChI is InChI=1S/C44H70BO15.Na/c1-24(2)38(48)52-27(5)30-16-12-11-13-17-32(46)41(7,8)34-21-19-26(4)44(55-34)37-40(50)54-31-23-29(51-28(31)6)15-14-18-33(47)42(9,10)35-22-20-25(3)43(56-35)36(39(49)53-30)57-45(58-37,59-43)60-44;/h11-12,24-37,46-47H,13-23H2,1-10H3;/q-1;+1/b12-11-;/t25-,26-,27-,28-,29-,30+,31+,32+,33-,34+,35+,36+,37+,43+,44+,45?;/m1./s1. The minimum atomic E-state index is -3.50. The van der Waals surface area contributed by atoms with Crippen molar-refractivity contribution < 1.29 is 101 Å². The van der Waals surface area contributed by atoms with Crippen LogP contribution in [-0.2, 0) is 61.4 Å². The molecule has 0 aromatic carbocycles. The number of esters is 3. The number of hydrogen-bond donors (Lipinski definition) is 2. The van der Waals surface area contributed by atoms with E-state index in [0.29, 0.717) is 64.2 Å². The molecule has 9 bridgehead atoms. The van der Waals surface area contributed by atoms with E-state index in [1.807, 2.05) is 60.6 Å².